The van der Waals surface area contributed by atoms with Crippen LogP contribution in [0.4, 0.5) is 0 Å². The first-order valence-corrected chi connectivity index (χ1v) is 7.13. The number of hydrogen-bond donors (Lipinski definition) is 6. The van der Waals surface area contributed by atoms with E-state index in [1.54, 1.807) is 0 Å². The number of amides is 1. The van der Waals surface area contributed by atoms with E-state index in [9.17, 15) is 19.8 Å². The summed E-state index contributed by atoms with van der Waals surface area (Å²) in [5.74, 6) is -2.80. The molecule has 1 aliphatic rings. The summed E-state index contributed by atoms with van der Waals surface area (Å²) in [6.45, 7) is -0.507. The van der Waals surface area contributed by atoms with Crippen LogP contribution in [0.3, 0.4) is 0 Å². The van der Waals surface area contributed by atoms with Crippen molar-refractivity contribution in [1.82, 2.24) is 14.8 Å². The fraction of sp³-hybridized carbons (Fsp3) is 0.583. The number of nitrogens with two attached hydrogens (primary N) is 2. The first kappa shape index (κ1) is 18.7. The first-order chi connectivity index (χ1) is 11.7. The van der Waals surface area contributed by atoms with Crippen molar-refractivity contribution in [2.24, 2.45) is 16.5 Å². The smallest absolute Gasteiger partial charge is 0.329 e. The standard InChI is InChI=1S/C12H18N6O7/c13-6(20)1-4(12(23)24)16-9(14)10-15-3-18(17-10)11-8(22)7(21)5(2-19)25-11/h3-5,7-8,11,19,21-22H,1-2H2,(H2,13,20)(H2,14,16)(H,23,24)/t4-,5+,7+,8+,11+/m0/s1. The molecule has 0 aliphatic carbocycles. The monoisotopic (exact) mass is 358 g/mol. The Morgan fingerprint density at radius 2 is 2.04 bits per heavy atom. The van der Waals surface area contributed by atoms with Gasteiger partial charge in [-0.1, -0.05) is 0 Å². The first-order valence-electron chi connectivity index (χ1n) is 7.13. The number of nitrogens with zero attached hydrogens (tertiary/aromatic N) is 4. The molecule has 1 aliphatic heterocycles. The van der Waals surface area contributed by atoms with Crippen LogP contribution >= 0.6 is 0 Å². The Morgan fingerprint density at radius 3 is 2.56 bits per heavy atom. The predicted octanol–water partition coefficient (Wildman–Crippen LogP) is -4.08. The summed E-state index contributed by atoms with van der Waals surface area (Å²) >= 11 is 0. The van der Waals surface area contributed by atoms with Gasteiger partial charge in [0.05, 0.1) is 13.0 Å². The Morgan fingerprint density at radius 1 is 1.36 bits per heavy atom. The molecule has 1 saturated heterocycles. The minimum atomic E-state index is -1.49. The minimum absolute atomic E-state index is 0.173. The van der Waals surface area contributed by atoms with E-state index in [0.717, 1.165) is 11.0 Å². The lowest BCUT2D eigenvalue weighted by atomic mass is 10.1. The molecule has 0 saturated carbocycles. The van der Waals surface area contributed by atoms with Crippen LogP contribution < -0.4 is 11.5 Å². The maximum atomic E-state index is 11.0. The van der Waals surface area contributed by atoms with Crippen molar-refractivity contribution in [2.75, 3.05) is 6.61 Å². The van der Waals surface area contributed by atoms with Gasteiger partial charge in [0.15, 0.2) is 18.1 Å². The molecule has 8 N–H and O–H groups in total. The van der Waals surface area contributed by atoms with Crippen LogP contribution in [0.25, 0.3) is 0 Å². The van der Waals surface area contributed by atoms with E-state index in [4.69, 9.17) is 26.4 Å². The van der Waals surface area contributed by atoms with Gasteiger partial charge in [-0.15, -0.1) is 5.10 Å². The second-order valence-electron chi connectivity index (χ2n) is 5.32. The molecule has 13 heteroatoms. The van der Waals surface area contributed by atoms with E-state index in [1.165, 1.54) is 0 Å². The molecule has 0 radical (unpaired) electrons. The summed E-state index contributed by atoms with van der Waals surface area (Å²) in [6.07, 6.45) is -4.23. The summed E-state index contributed by atoms with van der Waals surface area (Å²) in [6, 6.07) is -1.49. The van der Waals surface area contributed by atoms with Crippen molar-refractivity contribution in [1.29, 1.82) is 0 Å². The quantitative estimate of drug-likeness (QED) is 0.204. The topological polar surface area (TPSA) is 219 Å². The SMILES string of the molecule is NC(=O)C[C@H](N=C(N)c1ncn([C@@H]2O[C@H](CO)[C@@H](O)[C@H]2O)n1)C(=O)O. The van der Waals surface area contributed by atoms with Crippen LogP contribution in [0.1, 0.15) is 18.5 Å². The van der Waals surface area contributed by atoms with E-state index in [-0.39, 0.29) is 11.7 Å². The molecule has 2 heterocycles. The van der Waals surface area contributed by atoms with Gasteiger partial charge in [-0.05, 0) is 0 Å². The van der Waals surface area contributed by atoms with E-state index in [0.29, 0.717) is 0 Å². The highest BCUT2D eigenvalue weighted by atomic mass is 16.6. The number of aliphatic hydroxyl groups excluding tert-OH is 3. The average molecular weight is 358 g/mol. The molecule has 0 unspecified atom stereocenters. The molecule has 1 amide bonds. The number of amidine groups is 1. The Balaban J connectivity index is 2.18. The fourth-order valence-corrected chi connectivity index (χ4v) is 2.22. The Labute approximate surface area is 140 Å². The van der Waals surface area contributed by atoms with Gasteiger partial charge in [0.2, 0.25) is 11.7 Å². The van der Waals surface area contributed by atoms with E-state index < -0.39 is 55.5 Å². The Kier molecular flexibility index (Phi) is 5.63. The number of primary amides is 1. The molecule has 2 rings (SSSR count). The second-order valence-corrected chi connectivity index (χ2v) is 5.32. The van der Waals surface area contributed by atoms with Crippen molar-refractivity contribution >= 4 is 17.7 Å². The Bertz CT molecular complexity index is 677. The lowest BCUT2D eigenvalue weighted by Gasteiger charge is -2.13. The maximum Gasteiger partial charge on any atom is 0.329 e. The highest BCUT2D eigenvalue weighted by Crippen LogP contribution is 2.28. The Hall–Kier alpha value is -2.61. The summed E-state index contributed by atoms with van der Waals surface area (Å²) in [5.41, 5.74) is 10.6. The molecule has 0 aromatic carbocycles. The van der Waals surface area contributed by atoms with Gasteiger partial charge in [-0.3, -0.25) is 4.79 Å². The lowest BCUT2D eigenvalue weighted by Crippen LogP contribution is -2.33. The van der Waals surface area contributed by atoms with Crippen molar-refractivity contribution in [3.63, 3.8) is 0 Å². The third-order valence-electron chi connectivity index (χ3n) is 3.49. The molecule has 138 valence electrons. The van der Waals surface area contributed by atoms with Crippen molar-refractivity contribution in [2.45, 2.75) is 37.0 Å². The minimum Gasteiger partial charge on any atom is -0.480 e. The number of aliphatic imine (C=N–C) groups is 1. The number of ether oxygens (including phenoxy) is 1. The van der Waals surface area contributed by atoms with Crippen molar-refractivity contribution in [3.05, 3.63) is 12.2 Å². The molecule has 0 bridgehead atoms. The number of carbonyl (C=O) groups is 2. The van der Waals surface area contributed by atoms with Crippen LogP contribution in [-0.2, 0) is 14.3 Å². The third kappa shape index (κ3) is 4.08. The fourth-order valence-electron chi connectivity index (χ4n) is 2.22. The summed E-state index contributed by atoms with van der Waals surface area (Å²) < 4.78 is 6.31. The van der Waals surface area contributed by atoms with Gasteiger partial charge in [-0.2, -0.15) is 0 Å². The number of rotatable bonds is 7. The predicted molar refractivity (Wildman–Crippen MR) is 79.0 cm³/mol. The zero-order valence-electron chi connectivity index (χ0n) is 12.8. The number of carbonyl (C=O) groups excluding carboxylic acids is 1. The number of carboxylic acid groups (broad SMARTS) is 1. The zero-order chi connectivity index (χ0) is 18.7. The van der Waals surface area contributed by atoms with E-state index >= 15 is 0 Å². The van der Waals surface area contributed by atoms with Gasteiger partial charge in [0.1, 0.15) is 24.6 Å². The molecule has 1 aromatic heterocycles. The van der Waals surface area contributed by atoms with Gasteiger partial charge in [0, 0.05) is 0 Å². The largest absolute Gasteiger partial charge is 0.480 e. The van der Waals surface area contributed by atoms with Crippen LogP contribution in [0, 0.1) is 0 Å². The lowest BCUT2D eigenvalue weighted by molar-refractivity contribution is -0.140. The highest BCUT2D eigenvalue weighted by Gasteiger charge is 2.44. The van der Waals surface area contributed by atoms with Gasteiger partial charge in [-0.25, -0.2) is 19.5 Å². The number of hydrogen-bond acceptors (Lipinski definition) is 9. The molecule has 1 fully saturated rings. The summed E-state index contributed by atoms with van der Waals surface area (Å²) in [4.78, 5) is 29.4. The van der Waals surface area contributed by atoms with Crippen molar-refractivity contribution in [3.8, 4) is 0 Å². The molecular formula is C12H18N6O7. The molecule has 0 spiro atoms. The average Bonchev–Trinajstić information content (AvgIpc) is 3.12. The summed E-state index contributed by atoms with van der Waals surface area (Å²) in [7, 11) is 0. The molecule has 13 nitrogen and oxygen atoms in total. The van der Waals surface area contributed by atoms with E-state index in [1.807, 2.05) is 0 Å². The number of aromatic nitrogens is 3. The van der Waals surface area contributed by atoms with Crippen LogP contribution in [0.5, 0.6) is 0 Å². The number of aliphatic carboxylic acids is 1. The summed E-state index contributed by atoms with van der Waals surface area (Å²) in [5, 5.41) is 41.6. The normalized spacial score (nSPS) is 28.0. The number of carboxylic acids is 1. The van der Waals surface area contributed by atoms with E-state index in [2.05, 4.69) is 15.1 Å². The van der Waals surface area contributed by atoms with Crippen LogP contribution in [0.15, 0.2) is 11.3 Å². The van der Waals surface area contributed by atoms with Crippen LogP contribution in [0.2, 0.25) is 0 Å². The highest BCUT2D eigenvalue weighted by molar-refractivity contribution is 5.96. The van der Waals surface area contributed by atoms with Crippen molar-refractivity contribution < 1.29 is 34.8 Å². The van der Waals surface area contributed by atoms with Gasteiger partial charge >= 0.3 is 5.97 Å². The van der Waals surface area contributed by atoms with Gasteiger partial charge in [0.25, 0.3) is 0 Å². The third-order valence-corrected chi connectivity index (χ3v) is 3.49. The zero-order valence-corrected chi connectivity index (χ0v) is 12.8. The molecule has 5 atom stereocenters. The molecular weight excluding hydrogens is 340 g/mol. The number of aliphatic hydroxyl groups is 3. The van der Waals surface area contributed by atoms with Gasteiger partial charge < -0.3 is 36.6 Å². The maximum absolute atomic E-state index is 11.0. The second kappa shape index (κ2) is 7.52. The molecule has 25 heavy (non-hydrogen) atoms. The molecule has 1 aromatic rings. The van der Waals surface area contributed by atoms with Crippen LogP contribution in [-0.4, -0.2) is 83.9 Å².